The summed E-state index contributed by atoms with van der Waals surface area (Å²) in [5.41, 5.74) is 0. The third-order valence-corrected chi connectivity index (χ3v) is 7.98. The average molecular weight is 377 g/mol. The SMILES string of the molecule is OC1CCCC(N(N=CC2CCC3CCCCC3C2)C2CCCC(O)C2)C1. The molecule has 0 spiro atoms. The maximum Gasteiger partial charge on any atom is 0.0560 e. The summed E-state index contributed by atoms with van der Waals surface area (Å²) < 4.78 is 0. The fourth-order valence-corrected chi connectivity index (χ4v) is 6.46. The predicted octanol–water partition coefficient (Wildman–Crippen LogP) is 4.49. The number of hydrogen-bond acceptors (Lipinski definition) is 4. The summed E-state index contributed by atoms with van der Waals surface area (Å²) in [6.45, 7) is 0. The predicted molar refractivity (Wildman–Crippen MR) is 110 cm³/mol. The molecule has 4 aliphatic rings. The summed E-state index contributed by atoms with van der Waals surface area (Å²) >= 11 is 0. The van der Waals surface area contributed by atoms with Crippen LogP contribution in [0.25, 0.3) is 0 Å². The molecule has 0 amide bonds. The van der Waals surface area contributed by atoms with E-state index in [4.69, 9.17) is 5.10 Å². The van der Waals surface area contributed by atoms with Crippen LogP contribution in [-0.2, 0) is 0 Å². The van der Waals surface area contributed by atoms with Crippen molar-refractivity contribution in [3.63, 3.8) is 0 Å². The van der Waals surface area contributed by atoms with E-state index in [-0.39, 0.29) is 12.2 Å². The molecule has 27 heavy (non-hydrogen) atoms. The maximum atomic E-state index is 10.2. The minimum atomic E-state index is -0.173. The number of rotatable bonds is 4. The molecule has 4 fully saturated rings. The standard InChI is InChI=1S/C23H40N2O2/c26-22-9-3-7-20(14-22)25(21-8-4-10-23(27)15-21)24-16-17-11-12-18-5-1-2-6-19(18)13-17/h16-23,26-27H,1-15H2. The zero-order chi connectivity index (χ0) is 18.6. The number of hydrogen-bond donors (Lipinski definition) is 2. The van der Waals surface area contributed by atoms with Crippen molar-refractivity contribution >= 4 is 6.21 Å². The van der Waals surface area contributed by atoms with Gasteiger partial charge in [-0.25, -0.2) is 0 Å². The van der Waals surface area contributed by atoms with Crippen LogP contribution in [0.3, 0.4) is 0 Å². The maximum absolute atomic E-state index is 10.2. The van der Waals surface area contributed by atoms with Crippen LogP contribution in [0.5, 0.6) is 0 Å². The van der Waals surface area contributed by atoms with Gasteiger partial charge in [0.2, 0.25) is 0 Å². The van der Waals surface area contributed by atoms with Gasteiger partial charge in [-0.3, -0.25) is 5.01 Å². The molecule has 2 N–H and O–H groups in total. The molecule has 0 heterocycles. The van der Waals surface area contributed by atoms with E-state index in [2.05, 4.69) is 11.2 Å². The average Bonchev–Trinajstić information content (AvgIpc) is 2.68. The number of fused-ring (bicyclic) bond motifs is 1. The zero-order valence-corrected chi connectivity index (χ0v) is 17.0. The summed E-state index contributed by atoms with van der Waals surface area (Å²) in [7, 11) is 0. The van der Waals surface area contributed by atoms with Crippen LogP contribution in [0, 0.1) is 17.8 Å². The van der Waals surface area contributed by atoms with E-state index < -0.39 is 0 Å². The fraction of sp³-hybridized carbons (Fsp3) is 0.957. The van der Waals surface area contributed by atoms with Gasteiger partial charge in [-0.1, -0.05) is 25.7 Å². The highest BCUT2D eigenvalue weighted by molar-refractivity contribution is 5.60. The Morgan fingerprint density at radius 1 is 0.630 bits per heavy atom. The molecular formula is C23H40N2O2. The Morgan fingerprint density at radius 2 is 1.26 bits per heavy atom. The first kappa shape index (κ1) is 19.7. The van der Waals surface area contributed by atoms with Gasteiger partial charge >= 0.3 is 0 Å². The van der Waals surface area contributed by atoms with Gasteiger partial charge in [0.05, 0.1) is 12.2 Å². The summed E-state index contributed by atoms with van der Waals surface area (Å²) in [5.74, 6) is 2.56. The van der Waals surface area contributed by atoms with Crippen molar-refractivity contribution < 1.29 is 10.2 Å². The van der Waals surface area contributed by atoms with Crippen LogP contribution in [-0.4, -0.2) is 45.7 Å². The van der Waals surface area contributed by atoms with Crippen LogP contribution < -0.4 is 0 Å². The van der Waals surface area contributed by atoms with E-state index in [1.165, 1.54) is 44.9 Å². The van der Waals surface area contributed by atoms with E-state index in [0.29, 0.717) is 18.0 Å². The van der Waals surface area contributed by atoms with E-state index >= 15 is 0 Å². The first-order chi connectivity index (χ1) is 13.2. The van der Waals surface area contributed by atoms with Crippen molar-refractivity contribution in [1.29, 1.82) is 0 Å². The first-order valence-electron chi connectivity index (χ1n) is 11.9. The molecule has 0 aromatic heterocycles. The van der Waals surface area contributed by atoms with Crippen molar-refractivity contribution in [2.24, 2.45) is 22.9 Å². The zero-order valence-electron chi connectivity index (χ0n) is 17.0. The highest BCUT2D eigenvalue weighted by Gasteiger charge is 2.34. The van der Waals surface area contributed by atoms with Crippen LogP contribution in [0.2, 0.25) is 0 Å². The molecule has 4 aliphatic carbocycles. The molecule has 154 valence electrons. The summed E-state index contributed by atoms with van der Waals surface area (Å²) in [6, 6.07) is 0.706. The second-order valence-electron chi connectivity index (χ2n) is 9.97. The van der Waals surface area contributed by atoms with Gasteiger partial charge in [0.25, 0.3) is 0 Å². The number of nitrogens with zero attached hydrogens (tertiary/aromatic N) is 2. The first-order valence-corrected chi connectivity index (χ1v) is 11.9. The smallest absolute Gasteiger partial charge is 0.0560 e. The summed E-state index contributed by atoms with van der Waals surface area (Å²) in [4.78, 5) is 0. The number of aliphatic hydroxyl groups is 2. The van der Waals surface area contributed by atoms with E-state index in [0.717, 1.165) is 63.2 Å². The van der Waals surface area contributed by atoms with Gasteiger partial charge in [-0.05, 0) is 88.4 Å². The fourth-order valence-electron chi connectivity index (χ4n) is 6.46. The molecule has 0 radical (unpaired) electrons. The molecule has 4 heteroatoms. The van der Waals surface area contributed by atoms with E-state index in [1.54, 1.807) is 0 Å². The van der Waals surface area contributed by atoms with Crippen LogP contribution >= 0.6 is 0 Å². The van der Waals surface area contributed by atoms with Gasteiger partial charge in [-0.2, -0.15) is 5.10 Å². The molecule has 7 unspecified atom stereocenters. The molecule has 0 bridgehead atoms. The third kappa shape index (κ3) is 5.06. The lowest BCUT2D eigenvalue weighted by molar-refractivity contribution is 0.00660. The second-order valence-corrected chi connectivity index (χ2v) is 9.97. The van der Waals surface area contributed by atoms with Gasteiger partial charge < -0.3 is 10.2 Å². The number of hydrazone groups is 1. The molecule has 0 saturated heterocycles. The molecular weight excluding hydrogens is 336 g/mol. The van der Waals surface area contributed by atoms with Crippen molar-refractivity contribution in [3.8, 4) is 0 Å². The summed E-state index contributed by atoms with van der Waals surface area (Å²) in [5, 5.41) is 27.8. The Labute approximate surface area is 165 Å². The normalized spacial score (nSPS) is 43.4. The summed E-state index contributed by atoms with van der Waals surface area (Å²) in [6.07, 6.45) is 19.8. The second kappa shape index (κ2) is 9.26. The van der Waals surface area contributed by atoms with Crippen molar-refractivity contribution in [1.82, 2.24) is 5.01 Å². The lowest BCUT2D eigenvalue weighted by Crippen LogP contribution is -2.46. The molecule has 4 rings (SSSR count). The van der Waals surface area contributed by atoms with Crippen LogP contribution in [0.1, 0.15) is 96.3 Å². The topological polar surface area (TPSA) is 56.1 Å². The van der Waals surface area contributed by atoms with Gasteiger partial charge in [0.1, 0.15) is 0 Å². The largest absolute Gasteiger partial charge is 0.393 e. The van der Waals surface area contributed by atoms with Crippen molar-refractivity contribution in [2.75, 3.05) is 0 Å². The number of aliphatic hydroxyl groups excluding tert-OH is 2. The van der Waals surface area contributed by atoms with Gasteiger partial charge in [0.15, 0.2) is 0 Å². The minimum absolute atomic E-state index is 0.173. The molecule has 0 aromatic carbocycles. The molecule has 4 saturated carbocycles. The highest BCUT2D eigenvalue weighted by atomic mass is 16.3. The van der Waals surface area contributed by atoms with Gasteiger partial charge in [-0.15, -0.1) is 0 Å². The molecule has 4 nitrogen and oxygen atoms in total. The van der Waals surface area contributed by atoms with E-state index in [9.17, 15) is 10.2 Å². The minimum Gasteiger partial charge on any atom is -0.393 e. The van der Waals surface area contributed by atoms with Crippen LogP contribution in [0.15, 0.2) is 5.10 Å². The monoisotopic (exact) mass is 376 g/mol. The Kier molecular flexibility index (Phi) is 6.75. The van der Waals surface area contributed by atoms with Crippen molar-refractivity contribution in [2.45, 2.75) is 121 Å². The highest BCUT2D eigenvalue weighted by Crippen LogP contribution is 2.42. The molecule has 0 aliphatic heterocycles. The Hall–Kier alpha value is -0.610. The Balaban J connectivity index is 1.42. The third-order valence-electron chi connectivity index (χ3n) is 7.98. The Morgan fingerprint density at radius 3 is 1.89 bits per heavy atom. The lowest BCUT2D eigenvalue weighted by Gasteiger charge is -2.42. The molecule has 0 aromatic rings. The van der Waals surface area contributed by atoms with Crippen LogP contribution in [0.4, 0.5) is 0 Å². The molecule has 7 atom stereocenters. The van der Waals surface area contributed by atoms with E-state index in [1.807, 2.05) is 0 Å². The lowest BCUT2D eigenvalue weighted by atomic mass is 9.68. The van der Waals surface area contributed by atoms with Gasteiger partial charge in [0, 0.05) is 18.3 Å². The quantitative estimate of drug-likeness (QED) is 0.561. The van der Waals surface area contributed by atoms with Crippen molar-refractivity contribution in [3.05, 3.63) is 0 Å². The Bertz CT molecular complexity index is 475.